The molecule has 0 unspecified atom stereocenters. The summed E-state index contributed by atoms with van der Waals surface area (Å²) >= 11 is 1.41. The van der Waals surface area contributed by atoms with Crippen LogP contribution in [0.5, 0.6) is 0 Å². The van der Waals surface area contributed by atoms with Crippen LogP contribution in [-0.4, -0.2) is 29.2 Å². The number of rotatable bonds is 7. The first-order chi connectivity index (χ1) is 14.0. The lowest BCUT2D eigenvalue weighted by molar-refractivity contribution is -0.113. The van der Waals surface area contributed by atoms with Gasteiger partial charge in [0.2, 0.25) is 5.91 Å². The summed E-state index contributed by atoms with van der Waals surface area (Å²) in [7, 11) is 0. The van der Waals surface area contributed by atoms with Gasteiger partial charge in [0.15, 0.2) is 0 Å². The van der Waals surface area contributed by atoms with E-state index in [9.17, 15) is 9.59 Å². The van der Waals surface area contributed by atoms with Crippen LogP contribution in [0.1, 0.15) is 34.8 Å². The van der Waals surface area contributed by atoms with Gasteiger partial charge in [-0.3, -0.25) is 4.79 Å². The van der Waals surface area contributed by atoms with Crippen molar-refractivity contribution in [2.24, 2.45) is 0 Å². The SMILES string of the molecule is CCCOC(=O)c1ccc(NC(=O)CSc2cc(C)c3cccc(C)c3n2)cc1. The number of hydrogen-bond donors (Lipinski definition) is 1. The topological polar surface area (TPSA) is 68.3 Å². The lowest BCUT2D eigenvalue weighted by Gasteiger charge is -2.09. The number of nitrogens with zero attached hydrogens (tertiary/aromatic N) is 1. The molecule has 0 fully saturated rings. The van der Waals surface area contributed by atoms with Crippen molar-refractivity contribution in [2.45, 2.75) is 32.2 Å². The number of esters is 1. The number of carbonyl (C=O) groups excluding carboxylic acids is 2. The maximum absolute atomic E-state index is 12.3. The smallest absolute Gasteiger partial charge is 0.338 e. The van der Waals surface area contributed by atoms with Gasteiger partial charge >= 0.3 is 5.97 Å². The number of aryl methyl sites for hydroxylation is 2. The zero-order valence-corrected chi connectivity index (χ0v) is 17.6. The number of carbonyl (C=O) groups is 2. The van der Waals surface area contributed by atoms with Crippen molar-refractivity contribution in [3.05, 3.63) is 65.2 Å². The summed E-state index contributed by atoms with van der Waals surface area (Å²) in [4.78, 5) is 28.8. The van der Waals surface area contributed by atoms with Crippen LogP contribution in [0.4, 0.5) is 5.69 Å². The molecule has 3 aromatic rings. The van der Waals surface area contributed by atoms with Gasteiger partial charge in [0.05, 0.1) is 28.5 Å². The van der Waals surface area contributed by atoms with Crippen LogP contribution in [0.2, 0.25) is 0 Å². The maximum atomic E-state index is 12.3. The van der Waals surface area contributed by atoms with Crippen molar-refractivity contribution in [3.63, 3.8) is 0 Å². The van der Waals surface area contributed by atoms with E-state index in [1.807, 2.05) is 32.0 Å². The molecule has 0 aliphatic rings. The third-order valence-corrected chi connectivity index (χ3v) is 5.33. The number of nitrogens with one attached hydrogen (secondary N) is 1. The Morgan fingerprint density at radius 3 is 2.55 bits per heavy atom. The number of thioether (sulfide) groups is 1. The molecule has 0 spiro atoms. The van der Waals surface area contributed by atoms with Crippen LogP contribution in [0.3, 0.4) is 0 Å². The Morgan fingerprint density at radius 2 is 1.83 bits per heavy atom. The zero-order chi connectivity index (χ0) is 20.8. The minimum atomic E-state index is -0.353. The molecule has 1 aromatic heterocycles. The standard InChI is InChI=1S/C23H24N2O3S/c1-4-12-28-23(27)17-8-10-18(11-9-17)24-20(26)14-29-21-13-16(3)19-7-5-6-15(2)22(19)25-21/h5-11,13H,4,12,14H2,1-3H3,(H,24,26). The maximum Gasteiger partial charge on any atom is 0.338 e. The van der Waals surface area contributed by atoms with Crippen LogP contribution in [0.25, 0.3) is 10.9 Å². The van der Waals surface area contributed by atoms with Crippen LogP contribution in [0, 0.1) is 13.8 Å². The summed E-state index contributed by atoms with van der Waals surface area (Å²) in [5, 5.41) is 4.81. The number of anilines is 1. The van der Waals surface area contributed by atoms with Crippen LogP contribution in [-0.2, 0) is 9.53 Å². The largest absolute Gasteiger partial charge is 0.462 e. The molecule has 150 valence electrons. The van der Waals surface area contributed by atoms with Crippen molar-refractivity contribution in [3.8, 4) is 0 Å². The summed E-state index contributed by atoms with van der Waals surface area (Å²) in [6.07, 6.45) is 0.780. The van der Waals surface area contributed by atoms with E-state index in [2.05, 4.69) is 18.3 Å². The Bertz CT molecular complexity index is 1030. The lowest BCUT2D eigenvalue weighted by atomic mass is 10.1. The summed E-state index contributed by atoms with van der Waals surface area (Å²) in [5.41, 5.74) is 4.35. The second kappa shape index (κ2) is 9.56. The highest BCUT2D eigenvalue weighted by Gasteiger charge is 2.10. The summed E-state index contributed by atoms with van der Waals surface area (Å²) < 4.78 is 5.10. The molecule has 0 saturated carbocycles. The van der Waals surface area contributed by atoms with Crippen LogP contribution in [0.15, 0.2) is 53.6 Å². The molecule has 1 heterocycles. The number of fused-ring (bicyclic) bond motifs is 1. The van der Waals surface area contributed by atoms with E-state index in [0.717, 1.165) is 33.5 Å². The van der Waals surface area contributed by atoms with E-state index in [1.165, 1.54) is 11.8 Å². The predicted molar refractivity (Wildman–Crippen MR) is 118 cm³/mol. The fourth-order valence-electron chi connectivity index (χ4n) is 2.91. The first-order valence-electron chi connectivity index (χ1n) is 9.54. The zero-order valence-electron chi connectivity index (χ0n) is 16.8. The van der Waals surface area contributed by atoms with Gasteiger partial charge in [-0.15, -0.1) is 0 Å². The third kappa shape index (κ3) is 5.35. The van der Waals surface area contributed by atoms with Gasteiger partial charge in [-0.2, -0.15) is 0 Å². The van der Waals surface area contributed by atoms with E-state index < -0.39 is 0 Å². The molecule has 0 radical (unpaired) electrons. The average Bonchev–Trinajstić information content (AvgIpc) is 2.72. The van der Waals surface area contributed by atoms with E-state index in [1.54, 1.807) is 24.3 Å². The summed E-state index contributed by atoms with van der Waals surface area (Å²) in [5.74, 6) is -0.224. The van der Waals surface area contributed by atoms with Gasteiger partial charge in [0.1, 0.15) is 0 Å². The van der Waals surface area contributed by atoms with Crippen molar-refractivity contribution in [1.82, 2.24) is 4.98 Å². The van der Waals surface area contributed by atoms with Crippen molar-refractivity contribution in [2.75, 3.05) is 17.7 Å². The van der Waals surface area contributed by atoms with Crippen LogP contribution < -0.4 is 5.32 Å². The first-order valence-corrected chi connectivity index (χ1v) is 10.5. The van der Waals surface area contributed by atoms with E-state index in [4.69, 9.17) is 9.72 Å². The van der Waals surface area contributed by atoms with Crippen molar-refractivity contribution >= 4 is 40.2 Å². The second-order valence-electron chi connectivity index (χ2n) is 6.80. The molecule has 1 N–H and O–H groups in total. The fraction of sp³-hybridized carbons (Fsp3) is 0.261. The molecular weight excluding hydrogens is 384 g/mol. The van der Waals surface area contributed by atoms with Crippen molar-refractivity contribution in [1.29, 1.82) is 0 Å². The first kappa shape index (κ1) is 20.9. The average molecular weight is 409 g/mol. The van der Waals surface area contributed by atoms with E-state index in [-0.39, 0.29) is 17.6 Å². The van der Waals surface area contributed by atoms with E-state index in [0.29, 0.717) is 17.9 Å². The summed E-state index contributed by atoms with van der Waals surface area (Å²) in [6, 6.07) is 14.8. The van der Waals surface area contributed by atoms with Gasteiger partial charge in [0, 0.05) is 11.1 Å². The Hall–Kier alpha value is -2.86. The molecule has 0 saturated heterocycles. The predicted octanol–water partition coefficient (Wildman–Crippen LogP) is 5.15. The van der Waals surface area contributed by atoms with Gasteiger partial charge < -0.3 is 10.1 Å². The quantitative estimate of drug-likeness (QED) is 0.433. The second-order valence-corrected chi connectivity index (χ2v) is 7.79. The third-order valence-electron chi connectivity index (χ3n) is 4.42. The highest BCUT2D eigenvalue weighted by Crippen LogP contribution is 2.25. The number of pyridine rings is 1. The Labute approximate surface area is 174 Å². The monoisotopic (exact) mass is 408 g/mol. The van der Waals surface area contributed by atoms with Gasteiger partial charge in [-0.1, -0.05) is 36.9 Å². The van der Waals surface area contributed by atoms with Gasteiger partial charge in [0.25, 0.3) is 0 Å². The number of aromatic nitrogens is 1. The molecule has 0 aliphatic carbocycles. The Morgan fingerprint density at radius 1 is 1.07 bits per heavy atom. The number of amides is 1. The Kier molecular flexibility index (Phi) is 6.88. The minimum Gasteiger partial charge on any atom is -0.462 e. The lowest BCUT2D eigenvalue weighted by Crippen LogP contribution is -2.14. The van der Waals surface area contributed by atoms with Gasteiger partial charge in [-0.25, -0.2) is 9.78 Å². The molecule has 5 nitrogen and oxygen atoms in total. The molecule has 0 aliphatic heterocycles. The molecule has 0 bridgehead atoms. The molecular formula is C23H24N2O3S. The molecule has 0 atom stereocenters. The highest BCUT2D eigenvalue weighted by atomic mass is 32.2. The molecule has 29 heavy (non-hydrogen) atoms. The number of benzene rings is 2. The highest BCUT2D eigenvalue weighted by molar-refractivity contribution is 7.99. The molecule has 6 heteroatoms. The number of para-hydroxylation sites is 1. The van der Waals surface area contributed by atoms with Gasteiger partial charge in [-0.05, 0) is 61.7 Å². The number of hydrogen-bond acceptors (Lipinski definition) is 5. The van der Waals surface area contributed by atoms with E-state index >= 15 is 0 Å². The normalized spacial score (nSPS) is 10.7. The molecule has 2 aromatic carbocycles. The molecule has 3 rings (SSSR count). The Balaban J connectivity index is 1.59. The van der Waals surface area contributed by atoms with Crippen LogP contribution >= 0.6 is 11.8 Å². The number of ether oxygens (including phenoxy) is 1. The minimum absolute atomic E-state index is 0.124. The molecule has 1 amide bonds. The summed E-state index contributed by atoms with van der Waals surface area (Å²) in [6.45, 7) is 6.44. The fourth-order valence-corrected chi connectivity index (χ4v) is 3.68. The van der Waals surface area contributed by atoms with Crippen molar-refractivity contribution < 1.29 is 14.3 Å².